The number of oxime groups is 1. The zero-order valence-electron chi connectivity index (χ0n) is 11.6. The van der Waals surface area contributed by atoms with Crippen molar-refractivity contribution in [2.75, 3.05) is 6.61 Å². The third-order valence-corrected chi connectivity index (χ3v) is 3.00. The van der Waals surface area contributed by atoms with E-state index in [4.69, 9.17) is 16.4 Å². The zero-order chi connectivity index (χ0) is 15.8. The molecule has 0 heterocycles. The van der Waals surface area contributed by atoms with Crippen molar-refractivity contribution in [1.29, 1.82) is 0 Å². The van der Waals surface area contributed by atoms with Gasteiger partial charge in [0.1, 0.15) is 5.82 Å². The molecule has 0 fully saturated rings. The van der Waals surface area contributed by atoms with E-state index in [0.29, 0.717) is 11.6 Å². The first-order chi connectivity index (χ1) is 10.6. The highest BCUT2D eigenvalue weighted by molar-refractivity contribution is 6.30. The van der Waals surface area contributed by atoms with Gasteiger partial charge in [0.25, 0.3) is 5.91 Å². The highest BCUT2D eigenvalue weighted by atomic mass is 35.5. The Labute approximate surface area is 132 Å². The lowest BCUT2D eigenvalue weighted by atomic mass is 10.2. The van der Waals surface area contributed by atoms with Gasteiger partial charge in [-0.3, -0.25) is 4.79 Å². The summed E-state index contributed by atoms with van der Waals surface area (Å²) >= 11 is 5.76. The Morgan fingerprint density at radius 1 is 1.18 bits per heavy atom. The summed E-state index contributed by atoms with van der Waals surface area (Å²) in [7, 11) is 0. The Bertz CT molecular complexity index is 642. The lowest BCUT2D eigenvalue weighted by Crippen LogP contribution is -2.26. The molecular formula is C16H14ClFN2O2. The summed E-state index contributed by atoms with van der Waals surface area (Å²) in [6, 6.07) is 12.9. The van der Waals surface area contributed by atoms with Crippen molar-refractivity contribution in [2.24, 2.45) is 5.16 Å². The van der Waals surface area contributed by atoms with Crippen LogP contribution in [0.4, 0.5) is 4.39 Å². The third-order valence-electron chi connectivity index (χ3n) is 2.74. The van der Waals surface area contributed by atoms with Gasteiger partial charge in [-0.05, 0) is 35.4 Å². The first kappa shape index (κ1) is 16.0. The molecule has 0 spiro atoms. The maximum absolute atomic E-state index is 12.7. The predicted molar refractivity (Wildman–Crippen MR) is 83.2 cm³/mol. The number of halogens is 2. The molecule has 2 aromatic carbocycles. The first-order valence-corrected chi connectivity index (χ1v) is 6.93. The molecule has 1 amide bonds. The van der Waals surface area contributed by atoms with Crippen molar-refractivity contribution in [3.8, 4) is 0 Å². The van der Waals surface area contributed by atoms with Crippen LogP contribution in [0.5, 0.6) is 0 Å². The highest BCUT2D eigenvalue weighted by Crippen LogP contribution is 2.07. The molecule has 114 valence electrons. The van der Waals surface area contributed by atoms with Crippen LogP contribution in [0.15, 0.2) is 53.7 Å². The van der Waals surface area contributed by atoms with Gasteiger partial charge in [0.05, 0.1) is 6.21 Å². The third kappa shape index (κ3) is 5.54. The van der Waals surface area contributed by atoms with E-state index in [1.807, 2.05) is 0 Å². The Kier molecular flexibility index (Phi) is 5.91. The van der Waals surface area contributed by atoms with Crippen LogP contribution in [0, 0.1) is 5.82 Å². The summed E-state index contributed by atoms with van der Waals surface area (Å²) < 4.78 is 12.7. The number of carbonyl (C=O) groups excluding carboxylic acids is 1. The van der Waals surface area contributed by atoms with Crippen LogP contribution in [0.3, 0.4) is 0 Å². The summed E-state index contributed by atoms with van der Waals surface area (Å²) in [5.74, 6) is -0.618. The second-order valence-corrected chi connectivity index (χ2v) is 4.90. The van der Waals surface area contributed by atoms with Crippen LogP contribution in [0.2, 0.25) is 5.02 Å². The summed E-state index contributed by atoms with van der Waals surface area (Å²) in [6.45, 7) is 0.120. The van der Waals surface area contributed by atoms with Gasteiger partial charge in [-0.1, -0.05) is 41.0 Å². The van der Waals surface area contributed by atoms with Gasteiger partial charge < -0.3 is 10.2 Å². The second-order valence-electron chi connectivity index (χ2n) is 4.46. The molecule has 0 unspecified atom stereocenters. The standard InChI is InChI=1S/C16H14ClFN2O2/c17-14-5-1-13(2-6-14)10-20-22-11-16(21)19-9-12-3-7-15(18)8-4-12/h1-8,10H,9,11H2,(H,19,21)/b20-10-. The topological polar surface area (TPSA) is 50.7 Å². The fraction of sp³-hybridized carbons (Fsp3) is 0.125. The average molecular weight is 321 g/mol. The molecule has 0 aliphatic heterocycles. The molecule has 0 bridgehead atoms. The van der Waals surface area contributed by atoms with Crippen molar-refractivity contribution in [3.05, 3.63) is 70.5 Å². The van der Waals surface area contributed by atoms with E-state index in [1.165, 1.54) is 18.3 Å². The largest absolute Gasteiger partial charge is 0.386 e. The number of hydrogen-bond donors (Lipinski definition) is 1. The number of hydrogen-bond acceptors (Lipinski definition) is 3. The Morgan fingerprint density at radius 3 is 2.55 bits per heavy atom. The van der Waals surface area contributed by atoms with Crippen LogP contribution >= 0.6 is 11.6 Å². The van der Waals surface area contributed by atoms with E-state index in [2.05, 4.69) is 10.5 Å². The van der Waals surface area contributed by atoms with Crippen molar-refractivity contribution in [1.82, 2.24) is 5.32 Å². The normalized spacial score (nSPS) is 10.6. The zero-order valence-corrected chi connectivity index (χ0v) is 12.4. The molecule has 0 atom stereocenters. The Morgan fingerprint density at radius 2 is 1.86 bits per heavy atom. The molecule has 22 heavy (non-hydrogen) atoms. The first-order valence-electron chi connectivity index (χ1n) is 6.55. The molecule has 0 aromatic heterocycles. The van der Waals surface area contributed by atoms with Gasteiger partial charge >= 0.3 is 0 Å². The molecule has 0 saturated heterocycles. The average Bonchev–Trinajstić information content (AvgIpc) is 2.53. The van der Waals surface area contributed by atoms with Crippen molar-refractivity contribution in [2.45, 2.75) is 6.54 Å². The van der Waals surface area contributed by atoms with E-state index in [0.717, 1.165) is 11.1 Å². The van der Waals surface area contributed by atoms with Gasteiger partial charge in [0.2, 0.25) is 0 Å². The van der Waals surface area contributed by atoms with E-state index >= 15 is 0 Å². The fourth-order valence-corrected chi connectivity index (χ4v) is 1.72. The van der Waals surface area contributed by atoms with Crippen LogP contribution < -0.4 is 5.32 Å². The molecule has 2 rings (SSSR count). The number of rotatable bonds is 6. The molecule has 4 nitrogen and oxygen atoms in total. The van der Waals surface area contributed by atoms with Crippen molar-refractivity contribution >= 4 is 23.7 Å². The Hall–Kier alpha value is -2.40. The minimum atomic E-state index is -0.310. The maximum atomic E-state index is 12.7. The Balaban J connectivity index is 1.69. The van der Waals surface area contributed by atoms with Crippen LogP contribution in [0.25, 0.3) is 0 Å². The lowest BCUT2D eigenvalue weighted by molar-refractivity contribution is -0.125. The summed E-state index contributed by atoms with van der Waals surface area (Å²) in [6.07, 6.45) is 1.49. The van der Waals surface area contributed by atoms with Gasteiger partial charge in [-0.15, -0.1) is 0 Å². The molecule has 1 N–H and O–H groups in total. The summed E-state index contributed by atoms with van der Waals surface area (Å²) in [5.41, 5.74) is 1.62. The molecule has 2 aromatic rings. The smallest absolute Gasteiger partial charge is 0.261 e. The number of nitrogens with zero attached hydrogens (tertiary/aromatic N) is 1. The highest BCUT2D eigenvalue weighted by Gasteiger charge is 2.01. The van der Waals surface area contributed by atoms with E-state index in [1.54, 1.807) is 36.4 Å². The molecule has 0 aliphatic carbocycles. The van der Waals surface area contributed by atoms with Crippen molar-refractivity contribution < 1.29 is 14.0 Å². The molecular weight excluding hydrogens is 307 g/mol. The van der Waals surface area contributed by atoms with E-state index in [9.17, 15) is 9.18 Å². The number of carbonyl (C=O) groups is 1. The fourth-order valence-electron chi connectivity index (χ4n) is 1.60. The van der Waals surface area contributed by atoms with E-state index in [-0.39, 0.29) is 18.3 Å². The summed E-state index contributed by atoms with van der Waals surface area (Å²) in [5, 5.41) is 6.98. The van der Waals surface area contributed by atoms with Gasteiger partial charge in [-0.2, -0.15) is 0 Å². The maximum Gasteiger partial charge on any atom is 0.261 e. The number of benzene rings is 2. The monoisotopic (exact) mass is 320 g/mol. The quantitative estimate of drug-likeness (QED) is 0.656. The number of nitrogens with one attached hydrogen (secondary N) is 1. The van der Waals surface area contributed by atoms with Crippen LogP contribution in [-0.2, 0) is 16.2 Å². The molecule has 0 aliphatic rings. The second kappa shape index (κ2) is 8.14. The molecule has 0 radical (unpaired) electrons. The predicted octanol–water partition coefficient (Wildman–Crippen LogP) is 3.15. The SMILES string of the molecule is O=C(CO/N=C\c1ccc(Cl)cc1)NCc1ccc(F)cc1. The minimum Gasteiger partial charge on any atom is -0.386 e. The van der Waals surface area contributed by atoms with Gasteiger partial charge in [0.15, 0.2) is 6.61 Å². The van der Waals surface area contributed by atoms with E-state index < -0.39 is 0 Å². The van der Waals surface area contributed by atoms with Gasteiger partial charge in [-0.25, -0.2) is 4.39 Å². The lowest BCUT2D eigenvalue weighted by Gasteiger charge is -2.04. The van der Waals surface area contributed by atoms with Gasteiger partial charge in [0, 0.05) is 11.6 Å². The number of amides is 1. The van der Waals surface area contributed by atoms with Crippen LogP contribution in [0.1, 0.15) is 11.1 Å². The molecule has 0 saturated carbocycles. The summed E-state index contributed by atoms with van der Waals surface area (Å²) in [4.78, 5) is 16.4. The minimum absolute atomic E-state index is 0.189. The van der Waals surface area contributed by atoms with Crippen LogP contribution in [-0.4, -0.2) is 18.7 Å². The van der Waals surface area contributed by atoms with Crippen molar-refractivity contribution in [3.63, 3.8) is 0 Å². The molecule has 6 heteroatoms.